The number of benzene rings is 2. The Kier molecular flexibility index (Phi) is 11.2. The van der Waals surface area contributed by atoms with Crippen molar-refractivity contribution < 1.29 is 83.5 Å². The zero-order valence-electron chi connectivity index (χ0n) is 27.6. The molecule has 0 bridgehead atoms. The van der Waals surface area contributed by atoms with Crippen LogP contribution in [0.3, 0.4) is 0 Å². The van der Waals surface area contributed by atoms with Crippen molar-refractivity contribution in [3.8, 4) is 28.7 Å². The highest BCUT2D eigenvalue weighted by atomic mass is 16.7. The molecule has 0 aromatic heterocycles. The van der Waals surface area contributed by atoms with E-state index in [0.29, 0.717) is 24.5 Å². The van der Waals surface area contributed by atoms with Crippen LogP contribution >= 0.6 is 0 Å². The monoisotopic (exact) mass is 712 g/mol. The van der Waals surface area contributed by atoms with Gasteiger partial charge in [0.25, 0.3) is 0 Å². The van der Waals surface area contributed by atoms with Gasteiger partial charge in [-0.1, -0.05) is 6.07 Å². The highest BCUT2D eigenvalue weighted by molar-refractivity contribution is 5.55. The lowest BCUT2D eigenvalue weighted by Gasteiger charge is -2.39. The fourth-order valence-electron chi connectivity index (χ4n) is 6.95. The van der Waals surface area contributed by atoms with Gasteiger partial charge in [0.1, 0.15) is 48.8 Å². The van der Waals surface area contributed by atoms with Gasteiger partial charge < -0.3 is 83.5 Å². The molecule has 0 saturated carbocycles. The fraction of sp³-hybridized carbons (Fsp3) is 0.636. The van der Waals surface area contributed by atoms with E-state index in [4.69, 9.17) is 42.6 Å². The first kappa shape index (κ1) is 36.7. The lowest BCUT2D eigenvalue weighted by molar-refractivity contribution is -0.277. The number of hydrogen-bond acceptors (Lipinski definition) is 17. The number of ether oxygens (including phenoxy) is 9. The SMILES string of the molecule is COc1ccc([C@@H]2OC[C@@H]3[C@@H]2CO[C@@H]3c2cc(OC)c(O[C@@H]3O[C@@H](CO)[C@@H](O)[C@@H](O)[C@H]3O)c(OC)c2)cc1O[C@@H]1O[C@@H](CO)[C@@H](O)[C@@H](O)[C@H]1O. The standard InChI is InChI=1S/C33H44O17/c1-42-17-5-4-13(6-18(17)47-32-27(40)25(38)23(36)21(9-34)48-32)29-15-11-46-30(16(15)12-45-29)14-7-19(43-2)31(20(8-14)44-3)50-33-28(41)26(39)24(37)22(10-35)49-33/h4-8,15-16,21-30,32-41H,9-12H2,1-3H3/t15-,16+,21-,22-,23+,24+,25+,26+,27+,28+,29-,30+,32+,33-/m0/s1. The predicted molar refractivity (Wildman–Crippen MR) is 166 cm³/mol. The van der Waals surface area contributed by atoms with Crippen molar-refractivity contribution >= 4 is 0 Å². The Hall–Kier alpha value is -3.04. The molecule has 4 aliphatic heterocycles. The van der Waals surface area contributed by atoms with Crippen molar-refractivity contribution in [3.05, 3.63) is 41.5 Å². The van der Waals surface area contributed by atoms with E-state index in [-0.39, 0.29) is 34.8 Å². The number of aliphatic hydroxyl groups excluding tert-OH is 8. The summed E-state index contributed by atoms with van der Waals surface area (Å²) in [4.78, 5) is 0. The van der Waals surface area contributed by atoms with E-state index in [2.05, 4.69) is 0 Å². The van der Waals surface area contributed by atoms with Gasteiger partial charge in [-0.25, -0.2) is 0 Å². The molecule has 4 aliphatic rings. The van der Waals surface area contributed by atoms with Gasteiger partial charge in [-0.15, -0.1) is 0 Å². The van der Waals surface area contributed by atoms with Crippen LogP contribution < -0.4 is 23.7 Å². The molecule has 2 aromatic rings. The van der Waals surface area contributed by atoms with Crippen LogP contribution in [0, 0.1) is 11.8 Å². The summed E-state index contributed by atoms with van der Waals surface area (Å²) in [6, 6.07) is 8.56. The Morgan fingerprint density at radius 2 is 1.02 bits per heavy atom. The number of rotatable bonds is 11. The maximum absolute atomic E-state index is 10.5. The van der Waals surface area contributed by atoms with Gasteiger partial charge in [0.2, 0.25) is 18.3 Å². The van der Waals surface area contributed by atoms with Gasteiger partial charge >= 0.3 is 0 Å². The zero-order valence-corrected chi connectivity index (χ0v) is 27.6. The van der Waals surface area contributed by atoms with Gasteiger partial charge in [-0.2, -0.15) is 0 Å². The first-order valence-electron chi connectivity index (χ1n) is 16.2. The zero-order chi connectivity index (χ0) is 35.9. The Morgan fingerprint density at radius 1 is 0.560 bits per heavy atom. The van der Waals surface area contributed by atoms with Crippen molar-refractivity contribution in [2.75, 3.05) is 47.8 Å². The molecular formula is C33H44O17. The molecule has 4 fully saturated rings. The summed E-state index contributed by atoms with van der Waals surface area (Å²) in [5, 5.41) is 80.9. The number of hydrogen-bond donors (Lipinski definition) is 8. The Labute approximate surface area is 287 Å². The van der Waals surface area contributed by atoms with Crippen LogP contribution in [-0.4, -0.2) is 150 Å². The lowest BCUT2D eigenvalue weighted by atomic mass is 9.84. The summed E-state index contributed by atoms with van der Waals surface area (Å²) < 4.78 is 52.1. The average molecular weight is 713 g/mol. The molecule has 0 radical (unpaired) electrons. The van der Waals surface area contributed by atoms with Gasteiger partial charge in [0.15, 0.2) is 23.0 Å². The second kappa shape index (κ2) is 15.3. The highest BCUT2D eigenvalue weighted by Gasteiger charge is 2.50. The van der Waals surface area contributed by atoms with Gasteiger partial charge in [-0.05, 0) is 35.4 Å². The molecule has 0 amide bonds. The molecule has 17 nitrogen and oxygen atoms in total. The molecule has 4 heterocycles. The topological polar surface area (TPSA) is 245 Å². The molecule has 278 valence electrons. The van der Waals surface area contributed by atoms with Gasteiger partial charge in [-0.3, -0.25) is 0 Å². The van der Waals surface area contributed by atoms with E-state index in [0.717, 1.165) is 5.56 Å². The van der Waals surface area contributed by atoms with Crippen LogP contribution in [0.1, 0.15) is 23.3 Å². The van der Waals surface area contributed by atoms with E-state index >= 15 is 0 Å². The Morgan fingerprint density at radius 3 is 1.50 bits per heavy atom. The average Bonchev–Trinajstić information content (AvgIpc) is 3.75. The normalized spacial score (nSPS) is 38.4. The predicted octanol–water partition coefficient (Wildman–Crippen LogP) is -1.85. The van der Waals surface area contributed by atoms with Crippen molar-refractivity contribution in [2.24, 2.45) is 11.8 Å². The van der Waals surface area contributed by atoms with E-state index in [1.54, 1.807) is 24.3 Å². The van der Waals surface area contributed by atoms with Crippen LogP contribution in [0.4, 0.5) is 0 Å². The third-order valence-electron chi connectivity index (χ3n) is 9.77. The van der Waals surface area contributed by atoms with Crippen LogP contribution in [0.5, 0.6) is 28.7 Å². The second-order valence-corrected chi connectivity index (χ2v) is 12.6. The molecule has 0 aliphatic carbocycles. The van der Waals surface area contributed by atoms with Crippen molar-refractivity contribution in [1.82, 2.24) is 0 Å². The molecule has 17 heteroatoms. The van der Waals surface area contributed by atoms with Crippen molar-refractivity contribution in [1.29, 1.82) is 0 Å². The highest BCUT2D eigenvalue weighted by Crippen LogP contribution is 2.53. The van der Waals surface area contributed by atoms with E-state index in [1.807, 2.05) is 6.07 Å². The summed E-state index contributed by atoms with van der Waals surface area (Å²) in [6.45, 7) is -0.551. The molecule has 2 aromatic carbocycles. The maximum Gasteiger partial charge on any atom is 0.229 e. The Bertz CT molecular complexity index is 1430. The van der Waals surface area contributed by atoms with E-state index < -0.39 is 86.8 Å². The van der Waals surface area contributed by atoms with Crippen LogP contribution in [0.2, 0.25) is 0 Å². The van der Waals surface area contributed by atoms with Crippen molar-refractivity contribution in [3.63, 3.8) is 0 Å². The minimum absolute atomic E-state index is 0.0586. The third-order valence-corrected chi connectivity index (χ3v) is 9.77. The fourth-order valence-corrected chi connectivity index (χ4v) is 6.95. The molecule has 0 spiro atoms. The first-order valence-corrected chi connectivity index (χ1v) is 16.2. The number of fused-ring (bicyclic) bond motifs is 1. The number of aliphatic hydroxyl groups is 8. The largest absolute Gasteiger partial charge is 0.493 e. The molecule has 4 saturated heterocycles. The summed E-state index contributed by atoms with van der Waals surface area (Å²) in [5.41, 5.74) is 1.42. The summed E-state index contributed by atoms with van der Waals surface area (Å²) in [5.74, 6) is 0.766. The van der Waals surface area contributed by atoms with Gasteiger partial charge in [0, 0.05) is 11.8 Å². The minimum Gasteiger partial charge on any atom is -0.493 e. The third kappa shape index (κ3) is 6.69. The molecular weight excluding hydrogens is 668 g/mol. The molecule has 14 atom stereocenters. The molecule has 50 heavy (non-hydrogen) atoms. The van der Waals surface area contributed by atoms with E-state index in [9.17, 15) is 40.9 Å². The Balaban J connectivity index is 1.20. The smallest absolute Gasteiger partial charge is 0.229 e. The second-order valence-electron chi connectivity index (χ2n) is 12.6. The van der Waals surface area contributed by atoms with Crippen LogP contribution in [0.15, 0.2) is 30.3 Å². The van der Waals surface area contributed by atoms with Gasteiger partial charge in [0.05, 0.1) is 60.0 Å². The summed E-state index contributed by atoms with van der Waals surface area (Å²) in [7, 11) is 4.27. The van der Waals surface area contributed by atoms with Crippen LogP contribution in [-0.2, 0) is 18.9 Å². The maximum atomic E-state index is 10.5. The molecule has 8 N–H and O–H groups in total. The lowest BCUT2D eigenvalue weighted by Crippen LogP contribution is -2.60. The molecule has 0 unspecified atom stereocenters. The molecule has 6 rings (SSSR count). The van der Waals surface area contributed by atoms with Crippen molar-refractivity contribution in [2.45, 2.75) is 73.6 Å². The quantitative estimate of drug-likeness (QED) is 0.127. The van der Waals surface area contributed by atoms with Crippen LogP contribution in [0.25, 0.3) is 0 Å². The first-order chi connectivity index (χ1) is 24.0. The minimum atomic E-state index is -1.64. The summed E-state index contributed by atoms with van der Waals surface area (Å²) in [6.07, 6.45) is -15.7. The van der Waals surface area contributed by atoms with E-state index in [1.165, 1.54) is 21.3 Å². The summed E-state index contributed by atoms with van der Waals surface area (Å²) >= 11 is 0. The number of methoxy groups -OCH3 is 3.